The van der Waals surface area contributed by atoms with Gasteiger partial charge in [0.15, 0.2) is 5.78 Å². The molecule has 0 aliphatic carbocycles. The summed E-state index contributed by atoms with van der Waals surface area (Å²) >= 11 is 0. The third kappa shape index (κ3) is 12.0. The van der Waals surface area contributed by atoms with Gasteiger partial charge in [-0.2, -0.15) is 0 Å². The van der Waals surface area contributed by atoms with Gasteiger partial charge in [0, 0.05) is 38.0 Å². The van der Waals surface area contributed by atoms with Gasteiger partial charge in [0.2, 0.25) is 0 Å². The summed E-state index contributed by atoms with van der Waals surface area (Å²) in [6, 6.07) is 8.44. The van der Waals surface area contributed by atoms with Gasteiger partial charge in [-0.05, 0) is 42.8 Å². The van der Waals surface area contributed by atoms with Gasteiger partial charge < -0.3 is 19.3 Å². The van der Waals surface area contributed by atoms with E-state index in [9.17, 15) is 24.3 Å². The third-order valence-corrected chi connectivity index (χ3v) is 5.87. The third-order valence-electron chi connectivity index (χ3n) is 5.87. The first-order valence-corrected chi connectivity index (χ1v) is 13.5. The zero-order valence-corrected chi connectivity index (χ0v) is 23.0. The number of carbonyl (C=O) groups is 4. The lowest BCUT2D eigenvalue weighted by Crippen LogP contribution is -2.08. The van der Waals surface area contributed by atoms with Gasteiger partial charge in [0.1, 0.15) is 23.0 Å². The van der Waals surface area contributed by atoms with Gasteiger partial charge in [-0.15, -0.1) is 0 Å². The summed E-state index contributed by atoms with van der Waals surface area (Å²) in [5.41, 5.74) is 0.395. The summed E-state index contributed by atoms with van der Waals surface area (Å²) in [4.78, 5) is 47.6. The molecule has 0 heterocycles. The molecule has 0 fully saturated rings. The van der Waals surface area contributed by atoms with Crippen LogP contribution in [0.2, 0.25) is 0 Å². The molecule has 0 radical (unpaired) electrons. The number of hydrogen-bond acceptors (Lipinski definition) is 8. The molecule has 39 heavy (non-hydrogen) atoms. The lowest BCUT2D eigenvalue weighted by molar-refractivity contribution is -0.135. The number of hydrogen-bond donors (Lipinski definition) is 1. The Kier molecular flexibility index (Phi) is 13.5. The summed E-state index contributed by atoms with van der Waals surface area (Å²) < 4.78 is 15.4. The summed E-state index contributed by atoms with van der Waals surface area (Å²) in [7, 11) is 0. The van der Waals surface area contributed by atoms with Crippen LogP contribution in [0.5, 0.6) is 23.0 Å². The highest BCUT2D eigenvalue weighted by Crippen LogP contribution is 2.28. The van der Waals surface area contributed by atoms with Crippen molar-refractivity contribution in [2.45, 2.75) is 85.0 Å². The van der Waals surface area contributed by atoms with Gasteiger partial charge in [-0.25, -0.2) is 0 Å². The van der Waals surface area contributed by atoms with E-state index in [0.29, 0.717) is 12.0 Å². The van der Waals surface area contributed by atoms with Crippen LogP contribution in [0.4, 0.5) is 0 Å². The normalized spacial score (nSPS) is 10.8. The molecule has 0 amide bonds. The predicted molar refractivity (Wildman–Crippen MR) is 148 cm³/mol. The molecule has 2 aromatic rings. The molecular formula is C31H38O8. The van der Waals surface area contributed by atoms with Crippen LogP contribution in [0.25, 0.3) is 6.08 Å². The number of allylic oxidation sites excluding steroid dienone is 1. The Morgan fingerprint density at radius 2 is 1.33 bits per heavy atom. The Morgan fingerprint density at radius 3 is 1.95 bits per heavy atom. The average molecular weight is 539 g/mol. The minimum atomic E-state index is -0.645. The molecule has 0 atom stereocenters. The fourth-order valence-corrected chi connectivity index (χ4v) is 3.92. The van der Waals surface area contributed by atoms with E-state index < -0.39 is 17.7 Å². The van der Waals surface area contributed by atoms with Crippen molar-refractivity contribution in [2.24, 2.45) is 0 Å². The van der Waals surface area contributed by atoms with Gasteiger partial charge in [-0.1, -0.05) is 58.3 Å². The van der Waals surface area contributed by atoms with E-state index in [2.05, 4.69) is 6.92 Å². The molecule has 0 aliphatic rings. The first-order valence-electron chi connectivity index (χ1n) is 13.5. The molecule has 0 saturated heterocycles. The number of unbranched alkanes of at least 4 members (excludes halogenated alkanes) is 8. The molecule has 8 nitrogen and oxygen atoms in total. The summed E-state index contributed by atoms with van der Waals surface area (Å²) in [6.45, 7) is 4.62. The first kappa shape index (κ1) is 31.3. The van der Waals surface area contributed by atoms with E-state index in [0.717, 1.165) is 19.3 Å². The highest BCUT2D eigenvalue weighted by atomic mass is 16.5. The number of aromatic hydroxyl groups is 1. The lowest BCUT2D eigenvalue weighted by atomic mass is 10.1. The minimum Gasteiger partial charge on any atom is -0.507 e. The van der Waals surface area contributed by atoms with Gasteiger partial charge >= 0.3 is 17.9 Å². The van der Waals surface area contributed by atoms with Crippen molar-refractivity contribution in [1.82, 2.24) is 0 Å². The number of ketones is 1. The van der Waals surface area contributed by atoms with Crippen molar-refractivity contribution in [3.63, 3.8) is 0 Å². The SMILES string of the molecule is CCCCCCCCCCCC(=O)Oc1ccc(C=CC(=O)c2ccc(OC(C)=O)cc2OC(C)=O)c(O)c1. The van der Waals surface area contributed by atoms with Gasteiger partial charge in [0.25, 0.3) is 0 Å². The van der Waals surface area contributed by atoms with E-state index in [1.807, 2.05) is 0 Å². The standard InChI is InChI=1S/C31H38O8/c1-4-5-6-7-8-9-10-11-12-13-31(36)39-25-16-14-24(29(35)20-25)15-19-28(34)27-18-17-26(37-22(2)32)21-30(27)38-23(3)33/h14-21,35H,4-13H2,1-3H3. The van der Waals surface area contributed by atoms with Crippen LogP contribution in [0, 0.1) is 0 Å². The smallest absolute Gasteiger partial charge is 0.311 e. The summed E-state index contributed by atoms with van der Waals surface area (Å²) in [5, 5.41) is 10.4. The summed E-state index contributed by atoms with van der Waals surface area (Å²) in [5.74, 6) is -1.95. The Balaban J connectivity index is 1.90. The Hall–Kier alpha value is -3.94. The van der Waals surface area contributed by atoms with Crippen molar-refractivity contribution in [2.75, 3.05) is 0 Å². The fourth-order valence-electron chi connectivity index (χ4n) is 3.92. The molecule has 210 valence electrons. The molecule has 0 bridgehead atoms. The van der Waals surface area contributed by atoms with Crippen molar-refractivity contribution in [3.05, 3.63) is 53.6 Å². The maximum Gasteiger partial charge on any atom is 0.311 e. The van der Waals surface area contributed by atoms with Crippen LogP contribution >= 0.6 is 0 Å². The number of carbonyl (C=O) groups excluding carboxylic acids is 4. The zero-order chi connectivity index (χ0) is 28.6. The molecule has 0 spiro atoms. The average Bonchev–Trinajstić information content (AvgIpc) is 2.86. The molecule has 1 N–H and O–H groups in total. The molecule has 0 aliphatic heterocycles. The predicted octanol–water partition coefficient (Wildman–Crippen LogP) is 6.97. The maximum atomic E-state index is 12.8. The maximum absolute atomic E-state index is 12.8. The van der Waals surface area contributed by atoms with E-state index in [1.54, 1.807) is 0 Å². The van der Waals surface area contributed by atoms with E-state index in [1.165, 1.54) is 101 Å². The van der Waals surface area contributed by atoms with Crippen molar-refractivity contribution in [1.29, 1.82) is 0 Å². The Morgan fingerprint density at radius 1 is 0.744 bits per heavy atom. The fraction of sp³-hybridized carbons (Fsp3) is 0.419. The van der Waals surface area contributed by atoms with Crippen molar-refractivity contribution >= 4 is 29.8 Å². The largest absolute Gasteiger partial charge is 0.507 e. The lowest BCUT2D eigenvalue weighted by Gasteiger charge is -2.09. The minimum absolute atomic E-state index is 0.0608. The second-order valence-corrected chi connectivity index (χ2v) is 9.32. The Labute approximate surface area is 230 Å². The number of benzene rings is 2. The molecule has 0 unspecified atom stereocenters. The van der Waals surface area contributed by atoms with Gasteiger partial charge in [-0.3, -0.25) is 19.2 Å². The second-order valence-electron chi connectivity index (χ2n) is 9.32. The molecular weight excluding hydrogens is 500 g/mol. The van der Waals surface area contributed by atoms with Crippen LogP contribution in [0.1, 0.15) is 101 Å². The topological polar surface area (TPSA) is 116 Å². The van der Waals surface area contributed by atoms with Crippen molar-refractivity contribution < 1.29 is 38.5 Å². The quantitative estimate of drug-likeness (QED) is 0.0801. The zero-order valence-electron chi connectivity index (χ0n) is 23.0. The number of phenols is 1. The highest BCUT2D eigenvalue weighted by molar-refractivity contribution is 6.09. The Bertz CT molecular complexity index is 1170. The molecule has 8 heteroatoms. The van der Waals surface area contributed by atoms with Crippen LogP contribution in [0.3, 0.4) is 0 Å². The monoisotopic (exact) mass is 538 g/mol. The van der Waals surface area contributed by atoms with Crippen LogP contribution in [-0.2, 0) is 14.4 Å². The van der Waals surface area contributed by atoms with E-state index in [-0.39, 0.29) is 34.5 Å². The second kappa shape index (κ2) is 16.8. The molecule has 2 aromatic carbocycles. The number of rotatable bonds is 16. The highest BCUT2D eigenvalue weighted by Gasteiger charge is 2.15. The van der Waals surface area contributed by atoms with Crippen LogP contribution in [0.15, 0.2) is 42.5 Å². The van der Waals surface area contributed by atoms with E-state index in [4.69, 9.17) is 14.2 Å². The number of ether oxygens (including phenoxy) is 3. The number of phenolic OH excluding ortho intramolecular Hbond substituents is 1. The first-order chi connectivity index (χ1) is 18.7. The molecule has 0 aromatic heterocycles. The van der Waals surface area contributed by atoms with Crippen molar-refractivity contribution in [3.8, 4) is 23.0 Å². The van der Waals surface area contributed by atoms with Crippen LogP contribution in [-0.4, -0.2) is 28.8 Å². The van der Waals surface area contributed by atoms with Gasteiger partial charge in [0.05, 0.1) is 5.56 Å². The molecule has 0 saturated carbocycles. The molecule has 2 rings (SSSR count). The number of esters is 3. The summed E-state index contributed by atoms with van der Waals surface area (Å²) in [6.07, 6.45) is 13.3. The van der Waals surface area contributed by atoms with Crippen LogP contribution < -0.4 is 14.2 Å². The van der Waals surface area contributed by atoms with E-state index >= 15 is 0 Å².